The van der Waals surface area contributed by atoms with Crippen molar-refractivity contribution in [1.82, 2.24) is 15.3 Å². The number of hydrogen-bond donors (Lipinski definition) is 3. The van der Waals surface area contributed by atoms with Crippen LogP contribution in [0.25, 0.3) is 11.0 Å². The van der Waals surface area contributed by atoms with E-state index in [-0.39, 0.29) is 17.9 Å². The molecule has 1 aliphatic rings. The van der Waals surface area contributed by atoms with Crippen LogP contribution in [-0.4, -0.2) is 27.8 Å². The van der Waals surface area contributed by atoms with Crippen molar-refractivity contribution >= 4 is 40.3 Å². The Labute approximate surface area is 202 Å². The summed E-state index contributed by atoms with van der Waals surface area (Å²) in [6.45, 7) is 0. The molecule has 1 aliphatic carbocycles. The molecule has 172 valence electrons. The van der Waals surface area contributed by atoms with Crippen molar-refractivity contribution in [2.75, 3.05) is 5.32 Å². The molecule has 7 heteroatoms. The highest BCUT2D eigenvalue weighted by Gasteiger charge is 2.18. The number of hydrogen-bond acceptors (Lipinski definition) is 4. The van der Waals surface area contributed by atoms with Crippen molar-refractivity contribution in [3.05, 3.63) is 89.5 Å². The minimum atomic E-state index is -0.177. The number of imidazole rings is 1. The molecule has 3 N–H and O–H groups in total. The molecule has 1 saturated carbocycles. The molecule has 0 radical (unpaired) electrons. The van der Waals surface area contributed by atoms with Crippen molar-refractivity contribution in [3.63, 3.8) is 0 Å². The number of thioether (sulfide) groups is 1. The van der Waals surface area contributed by atoms with Gasteiger partial charge >= 0.3 is 0 Å². The lowest BCUT2D eigenvalue weighted by Gasteiger charge is -2.13. The van der Waals surface area contributed by atoms with E-state index in [1.165, 1.54) is 12.8 Å². The maximum Gasteiger partial charge on any atom is 0.255 e. The van der Waals surface area contributed by atoms with Crippen LogP contribution in [0, 0.1) is 0 Å². The number of carbonyl (C=O) groups excluding carboxylic acids is 2. The van der Waals surface area contributed by atoms with Gasteiger partial charge in [-0.1, -0.05) is 54.9 Å². The van der Waals surface area contributed by atoms with Gasteiger partial charge in [-0.15, -0.1) is 0 Å². The zero-order valence-corrected chi connectivity index (χ0v) is 19.5. The topological polar surface area (TPSA) is 86.9 Å². The van der Waals surface area contributed by atoms with Gasteiger partial charge in [0.1, 0.15) is 0 Å². The summed E-state index contributed by atoms with van der Waals surface area (Å²) in [6.07, 6.45) is 4.45. The second-order valence-corrected chi connectivity index (χ2v) is 9.46. The summed E-state index contributed by atoms with van der Waals surface area (Å²) in [4.78, 5) is 33.4. The fourth-order valence-electron chi connectivity index (χ4n) is 4.25. The van der Waals surface area contributed by atoms with Crippen LogP contribution in [0.1, 0.15) is 52.0 Å². The van der Waals surface area contributed by atoms with Crippen molar-refractivity contribution < 1.29 is 9.59 Å². The Hall–Kier alpha value is -3.58. The van der Waals surface area contributed by atoms with Crippen LogP contribution >= 0.6 is 11.8 Å². The standard InChI is InChI=1S/C27H26N4O2S/c32-25(28-20-8-2-3-9-20)18-13-15-21(16-14-18)29-26(33)22-10-4-1-7-19(22)17-34-27-30-23-11-5-6-12-24(23)31-27/h1,4-7,10-16,20H,2-3,8-9,17H2,(H,28,32)(H,29,33)(H,30,31). The Morgan fingerprint density at radius 3 is 2.44 bits per heavy atom. The number of benzene rings is 3. The van der Waals surface area contributed by atoms with Crippen LogP contribution in [0.3, 0.4) is 0 Å². The van der Waals surface area contributed by atoms with E-state index in [9.17, 15) is 9.59 Å². The molecule has 2 amide bonds. The Morgan fingerprint density at radius 2 is 1.65 bits per heavy atom. The monoisotopic (exact) mass is 470 g/mol. The molecule has 4 aromatic rings. The lowest BCUT2D eigenvalue weighted by atomic mass is 10.1. The Morgan fingerprint density at radius 1 is 0.912 bits per heavy atom. The number of fused-ring (bicyclic) bond motifs is 1. The summed E-state index contributed by atoms with van der Waals surface area (Å²) in [5, 5.41) is 6.86. The molecule has 34 heavy (non-hydrogen) atoms. The molecule has 6 nitrogen and oxygen atoms in total. The molecule has 1 heterocycles. The number of amides is 2. The first-order chi connectivity index (χ1) is 16.7. The quantitative estimate of drug-likeness (QED) is 0.299. The molecule has 5 rings (SSSR count). The Kier molecular flexibility index (Phi) is 6.62. The second kappa shape index (κ2) is 10.1. The minimum absolute atomic E-state index is 0.0577. The van der Waals surface area contributed by atoms with E-state index in [0.717, 1.165) is 34.6 Å². The normalized spacial score (nSPS) is 13.8. The summed E-state index contributed by atoms with van der Waals surface area (Å²) in [7, 11) is 0. The van der Waals surface area contributed by atoms with Gasteiger partial charge in [-0.3, -0.25) is 9.59 Å². The highest BCUT2D eigenvalue weighted by Crippen LogP contribution is 2.25. The fraction of sp³-hybridized carbons (Fsp3) is 0.222. The van der Waals surface area contributed by atoms with Crippen molar-refractivity contribution in [2.24, 2.45) is 0 Å². The lowest BCUT2D eigenvalue weighted by Crippen LogP contribution is -2.32. The number of nitrogens with zero attached hydrogens (tertiary/aromatic N) is 1. The molecule has 0 atom stereocenters. The van der Waals surface area contributed by atoms with Crippen LogP contribution in [0.15, 0.2) is 78.0 Å². The van der Waals surface area contributed by atoms with E-state index in [2.05, 4.69) is 20.6 Å². The highest BCUT2D eigenvalue weighted by molar-refractivity contribution is 7.98. The number of anilines is 1. The van der Waals surface area contributed by atoms with Crippen LogP contribution in [0.2, 0.25) is 0 Å². The molecule has 1 fully saturated rings. The number of carbonyl (C=O) groups is 2. The predicted octanol–water partition coefficient (Wildman–Crippen LogP) is 5.78. The Bertz CT molecular complexity index is 1280. The van der Waals surface area contributed by atoms with Gasteiger partial charge in [0.05, 0.1) is 11.0 Å². The zero-order chi connectivity index (χ0) is 23.3. The highest BCUT2D eigenvalue weighted by atomic mass is 32.2. The second-order valence-electron chi connectivity index (χ2n) is 8.49. The number of H-pyrrole nitrogens is 1. The zero-order valence-electron chi connectivity index (χ0n) is 18.7. The fourth-order valence-corrected chi connectivity index (χ4v) is 5.14. The van der Waals surface area contributed by atoms with Gasteiger partial charge < -0.3 is 15.6 Å². The molecular weight excluding hydrogens is 444 g/mol. The first-order valence-corrected chi connectivity index (χ1v) is 12.5. The number of para-hydroxylation sites is 2. The number of rotatable bonds is 7. The smallest absolute Gasteiger partial charge is 0.255 e. The van der Waals surface area contributed by atoms with Gasteiger partial charge in [-0.2, -0.15) is 0 Å². The maximum absolute atomic E-state index is 13.0. The van der Waals surface area contributed by atoms with E-state index < -0.39 is 0 Å². The predicted molar refractivity (Wildman–Crippen MR) is 136 cm³/mol. The van der Waals surface area contributed by atoms with Crippen molar-refractivity contribution in [1.29, 1.82) is 0 Å². The maximum atomic E-state index is 13.0. The molecule has 0 spiro atoms. The van der Waals surface area contributed by atoms with Crippen LogP contribution in [0.4, 0.5) is 5.69 Å². The van der Waals surface area contributed by atoms with Gasteiger partial charge in [-0.05, 0) is 60.9 Å². The summed E-state index contributed by atoms with van der Waals surface area (Å²) in [5.41, 5.74) is 4.73. The number of nitrogens with one attached hydrogen (secondary N) is 3. The van der Waals surface area contributed by atoms with Gasteiger partial charge in [0.15, 0.2) is 5.16 Å². The first-order valence-electron chi connectivity index (χ1n) is 11.5. The van der Waals surface area contributed by atoms with Gasteiger partial charge in [0.25, 0.3) is 11.8 Å². The SMILES string of the molecule is O=C(NC1CCCC1)c1ccc(NC(=O)c2ccccc2CSc2nc3ccccc3[nH]2)cc1. The lowest BCUT2D eigenvalue weighted by molar-refractivity contribution is 0.0937. The number of aromatic amines is 1. The van der Waals surface area contributed by atoms with Gasteiger partial charge in [0.2, 0.25) is 0 Å². The summed E-state index contributed by atoms with van der Waals surface area (Å²) >= 11 is 1.56. The molecular formula is C27H26N4O2S. The minimum Gasteiger partial charge on any atom is -0.349 e. The van der Waals surface area contributed by atoms with Crippen molar-refractivity contribution in [2.45, 2.75) is 42.6 Å². The average Bonchev–Trinajstić information content (AvgIpc) is 3.53. The third-order valence-corrected chi connectivity index (χ3v) is 7.01. The third kappa shape index (κ3) is 5.15. The summed E-state index contributed by atoms with van der Waals surface area (Å²) in [5.74, 6) is 0.380. The largest absolute Gasteiger partial charge is 0.349 e. The molecule has 0 unspecified atom stereocenters. The van der Waals surface area contributed by atoms with E-state index in [1.54, 1.807) is 36.0 Å². The number of aromatic nitrogens is 2. The van der Waals surface area contributed by atoms with Crippen molar-refractivity contribution in [3.8, 4) is 0 Å². The third-order valence-electron chi connectivity index (χ3n) is 6.09. The van der Waals surface area contributed by atoms with Crippen LogP contribution in [-0.2, 0) is 5.75 Å². The molecule has 0 saturated heterocycles. The summed E-state index contributed by atoms with van der Waals surface area (Å²) in [6, 6.07) is 22.8. The molecule has 1 aromatic heterocycles. The molecule has 0 bridgehead atoms. The first kappa shape index (κ1) is 22.2. The molecule has 0 aliphatic heterocycles. The summed E-state index contributed by atoms with van der Waals surface area (Å²) < 4.78 is 0. The van der Waals surface area contributed by atoms with Crippen LogP contribution < -0.4 is 10.6 Å². The molecule has 3 aromatic carbocycles. The Balaban J connectivity index is 1.22. The van der Waals surface area contributed by atoms with E-state index in [1.807, 2.05) is 48.5 Å². The van der Waals surface area contributed by atoms with E-state index in [0.29, 0.717) is 22.6 Å². The van der Waals surface area contributed by atoms with Gasteiger partial charge in [0, 0.05) is 28.6 Å². The van der Waals surface area contributed by atoms with E-state index in [4.69, 9.17) is 0 Å². The van der Waals surface area contributed by atoms with Gasteiger partial charge in [-0.25, -0.2) is 4.98 Å². The van der Waals surface area contributed by atoms with E-state index >= 15 is 0 Å². The average molecular weight is 471 g/mol. The van der Waals surface area contributed by atoms with Crippen LogP contribution in [0.5, 0.6) is 0 Å².